The van der Waals surface area contributed by atoms with Gasteiger partial charge in [0.1, 0.15) is 0 Å². The molecule has 0 aliphatic carbocycles. The molecule has 2 rings (SSSR count). The van der Waals surface area contributed by atoms with Gasteiger partial charge in [0.2, 0.25) is 0 Å². The summed E-state index contributed by atoms with van der Waals surface area (Å²) in [5.74, 6) is 0. The first-order valence-corrected chi connectivity index (χ1v) is 6.82. The molecule has 0 amide bonds. The smallest absolute Gasteiger partial charge is 0.0755 e. The van der Waals surface area contributed by atoms with Gasteiger partial charge in [-0.15, -0.1) is 11.3 Å². The highest BCUT2D eigenvalue weighted by atomic mass is 32.1. The predicted octanol–water partition coefficient (Wildman–Crippen LogP) is 2.80. The van der Waals surface area contributed by atoms with E-state index in [1.807, 2.05) is 6.20 Å². The van der Waals surface area contributed by atoms with E-state index in [9.17, 15) is 0 Å². The molecule has 0 unspecified atom stereocenters. The molecule has 0 fully saturated rings. The Labute approximate surface area is 106 Å². The molecule has 0 aliphatic rings. The Bertz CT molecular complexity index is 457. The Hall–Kier alpha value is -1.13. The molecule has 0 radical (unpaired) electrons. The first kappa shape index (κ1) is 12.3. The van der Waals surface area contributed by atoms with Crippen LogP contribution in [0.2, 0.25) is 0 Å². The van der Waals surface area contributed by atoms with E-state index in [4.69, 9.17) is 0 Å². The van der Waals surface area contributed by atoms with E-state index < -0.39 is 0 Å². The quantitative estimate of drug-likeness (QED) is 0.883. The third kappa shape index (κ3) is 3.17. The van der Waals surface area contributed by atoms with Gasteiger partial charge < -0.3 is 5.32 Å². The molecule has 1 N–H and O–H groups in total. The third-order valence-electron chi connectivity index (χ3n) is 2.79. The van der Waals surface area contributed by atoms with Crippen molar-refractivity contribution >= 4 is 11.3 Å². The molecule has 0 atom stereocenters. The summed E-state index contributed by atoms with van der Waals surface area (Å²) in [4.78, 5) is 1.35. The van der Waals surface area contributed by atoms with Crippen LogP contribution < -0.4 is 5.32 Å². The molecule has 2 heterocycles. The average molecular weight is 249 g/mol. The van der Waals surface area contributed by atoms with Gasteiger partial charge in [-0.1, -0.05) is 19.9 Å². The van der Waals surface area contributed by atoms with Crippen molar-refractivity contribution in [3.63, 3.8) is 0 Å². The van der Waals surface area contributed by atoms with Crippen LogP contribution in [0.4, 0.5) is 0 Å². The van der Waals surface area contributed by atoms with Gasteiger partial charge >= 0.3 is 0 Å². The number of hydrogen-bond acceptors (Lipinski definition) is 3. The fourth-order valence-electron chi connectivity index (χ4n) is 1.68. The average Bonchev–Trinajstić information content (AvgIpc) is 2.89. The summed E-state index contributed by atoms with van der Waals surface area (Å²) in [5.41, 5.74) is 2.54. The van der Waals surface area contributed by atoms with Crippen molar-refractivity contribution in [2.75, 3.05) is 0 Å². The van der Waals surface area contributed by atoms with Crippen molar-refractivity contribution in [3.8, 4) is 0 Å². The van der Waals surface area contributed by atoms with Crippen LogP contribution in [0.5, 0.6) is 0 Å². The second kappa shape index (κ2) is 5.47. The Kier molecular flexibility index (Phi) is 3.97. The molecule has 3 nitrogen and oxygen atoms in total. The lowest BCUT2D eigenvalue weighted by atomic mass is 10.2. The van der Waals surface area contributed by atoms with Crippen LogP contribution in [-0.4, -0.2) is 15.8 Å². The van der Waals surface area contributed by atoms with Crippen molar-refractivity contribution in [2.24, 2.45) is 0 Å². The van der Waals surface area contributed by atoms with E-state index in [1.165, 1.54) is 16.1 Å². The van der Waals surface area contributed by atoms with Gasteiger partial charge in [-0.05, 0) is 18.4 Å². The SMILES string of the molecule is Cc1c(CNC(C)C)cnn1Cc1cccs1. The topological polar surface area (TPSA) is 29.9 Å². The zero-order valence-corrected chi connectivity index (χ0v) is 11.4. The number of rotatable bonds is 5. The van der Waals surface area contributed by atoms with Crippen LogP contribution in [0.15, 0.2) is 23.7 Å². The summed E-state index contributed by atoms with van der Waals surface area (Å²) in [5, 5.41) is 9.98. The maximum atomic E-state index is 4.45. The number of hydrogen-bond donors (Lipinski definition) is 1. The molecule has 2 aromatic heterocycles. The summed E-state index contributed by atoms with van der Waals surface area (Å²) in [6.07, 6.45) is 1.97. The van der Waals surface area contributed by atoms with Crippen molar-refractivity contribution in [2.45, 2.75) is 39.9 Å². The first-order chi connectivity index (χ1) is 8.16. The van der Waals surface area contributed by atoms with Crippen LogP contribution in [0.25, 0.3) is 0 Å². The van der Waals surface area contributed by atoms with Crippen LogP contribution in [0.3, 0.4) is 0 Å². The van der Waals surface area contributed by atoms with Crippen molar-refractivity contribution in [1.82, 2.24) is 15.1 Å². The number of nitrogens with zero attached hydrogens (tertiary/aromatic N) is 2. The standard InChI is InChI=1S/C13H19N3S/c1-10(2)14-7-12-8-15-16(11(12)3)9-13-5-4-6-17-13/h4-6,8,10,14H,7,9H2,1-3H3. The molecule has 17 heavy (non-hydrogen) atoms. The van der Waals surface area contributed by atoms with E-state index in [2.05, 4.69) is 53.4 Å². The highest BCUT2D eigenvalue weighted by molar-refractivity contribution is 7.09. The molecule has 0 bridgehead atoms. The molecule has 4 heteroatoms. The van der Waals surface area contributed by atoms with E-state index in [0.717, 1.165) is 13.1 Å². The Morgan fingerprint density at radius 1 is 1.47 bits per heavy atom. The molecule has 0 saturated carbocycles. The van der Waals surface area contributed by atoms with Gasteiger partial charge in [0.05, 0.1) is 12.7 Å². The highest BCUT2D eigenvalue weighted by Crippen LogP contribution is 2.13. The van der Waals surface area contributed by atoms with Gasteiger partial charge in [0, 0.05) is 28.7 Å². The van der Waals surface area contributed by atoms with Gasteiger partial charge in [-0.2, -0.15) is 5.10 Å². The van der Waals surface area contributed by atoms with E-state index in [-0.39, 0.29) is 0 Å². The van der Waals surface area contributed by atoms with Gasteiger partial charge in [-0.3, -0.25) is 4.68 Å². The Morgan fingerprint density at radius 3 is 2.94 bits per heavy atom. The summed E-state index contributed by atoms with van der Waals surface area (Å²) >= 11 is 1.78. The lowest BCUT2D eigenvalue weighted by Crippen LogP contribution is -2.22. The second-order valence-electron chi connectivity index (χ2n) is 4.53. The first-order valence-electron chi connectivity index (χ1n) is 5.94. The summed E-state index contributed by atoms with van der Waals surface area (Å²) in [6.45, 7) is 8.23. The van der Waals surface area contributed by atoms with Crippen LogP contribution >= 0.6 is 11.3 Å². The minimum Gasteiger partial charge on any atom is -0.310 e. The van der Waals surface area contributed by atoms with Crippen LogP contribution in [-0.2, 0) is 13.1 Å². The molecule has 0 aromatic carbocycles. The van der Waals surface area contributed by atoms with Crippen LogP contribution in [0.1, 0.15) is 30.0 Å². The maximum absolute atomic E-state index is 4.45. The second-order valence-corrected chi connectivity index (χ2v) is 5.56. The Morgan fingerprint density at radius 2 is 2.29 bits per heavy atom. The van der Waals surface area contributed by atoms with Crippen molar-refractivity contribution in [1.29, 1.82) is 0 Å². The number of aromatic nitrogens is 2. The van der Waals surface area contributed by atoms with Crippen molar-refractivity contribution < 1.29 is 0 Å². The molecule has 92 valence electrons. The third-order valence-corrected chi connectivity index (χ3v) is 3.65. The van der Waals surface area contributed by atoms with Gasteiger partial charge in [0.25, 0.3) is 0 Å². The van der Waals surface area contributed by atoms with E-state index in [1.54, 1.807) is 11.3 Å². The molecule has 0 spiro atoms. The van der Waals surface area contributed by atoms with Gasteiger partial charge in [0.15, 0.2) is 0 Å². The van der Waals surface area contributed by atoms with Crippen molar-refractivity contribution in [3.05, 3.63) is 39.8 Å². The minimum absolute atomic E-state index is 0.509. The normalized spacial score (nSPS) is 11.3. The number of nitrogens with one attached hydrogen (secondary N) is 1. The summed E-state index contributed by atoms with van der Waals surface area (Å²) in [6, 6.07) is 4.74. The highest BCUT2D eigenvalue weighted by Gasteiger charge is 2.07. The predicted molar refractivity (Wildman–Crippen MR) is 72.4 cm³/mol. The van der Waals surface area contributed by atoms with Crippen LogP contribution in [0, 0.1) is 6.92 Å². The van der Waals surface area contributed by atoms with Gasteiger partial charge in [-0.25, -0.2) is 0 Å². The monoisotopic (exact) mass is 249 g/mol. The molecule has 0 saturated heterocycles. The molecular weight excluding hydrogens is 230 g/mol. The summed E-state index contributed by atoms with van der Waals surface area (Å²) < 4.78 is 2.07. The lowest BCUT2D eigenvalue weighted by molar-refractivity contribution is 0.585. The zero-order chi connectivity index (χ0) is 12.3. The molecular formula is C13H19N3S. The molecule has 2 aromatic rings. The number of thiophene rings is 1. The lowest BCUT2D eigenvalue weighted by Gasteiger charge is -2.08. The summed E-state index contributed by atoms with van der Waals surface area (Å²) in [7, 11) is 0. The maximum Gasteiger partial charge on any atom is 0.0755 e. The fourth-order valence-corrected chi connectivity index (χ4v) is 2.37. The van der Waals surface area contributed by atoms with E-state index in [0.29, 0.717) is 6.04 Å². The largest absolute Gasteiger partial charge is 0.310 e. The van der Waals surface area contributed by atoms with E-state index >= 15 is 0 Å². The Balaban J connectivity index is 2.04. The minimum atomic E-state index is 0.509. The fraction of sp³-hybridized carbons (Fsp3) is 0.462. The molecule has 0 aliphatic heterocycles. The zero-order valence-electron chi connectivity index (χ0n) is 10.6.